The summed E-state index contributed by atoms with van der Waals surface area (Å²) in [6.07, 6.45) is 1.77. The smallest absolute Gasteiger partial charge is 0.410 e. The molecule has 3 aromatic carbocycles. The van der Waals surface area contributed by atoms with Crippen LogP contribution in [0.1, 0.15) is 38.3 Å². The highest BCUT2D eigenvalue weighted by Gasteiger charge is 2.35. The molecule has 0 bridgehead atoms. The fourth-order valence-corrected chi connectivity index (χ4v) is 7.08. The van der Waals surface area contributed by atoms with Gasteiger partial charge in [0.1, 0.15) is 34.2 Å². The van der Waals surface area contributed by atoms with Crippen molar-refractivity contribution < 1.29 is 23.0 Å². The average Bonchev–Trinajstić information content (AvgIpc) is 3.09. The Morgan fingerprint density at radius 3 is 2.67 bits per heavy atom. The Morgan fingerprint density at radius 1 is 1.08 bits per heavy atom. The number of halogens is 3. The van der Waals surface area contributed by atoms with E-state index in [0.717, 1.165) is 30.6 Å². The van der Waals surface area contributed by atoms with Gasteiger partial charge < -0.3 is 24.2 Å². The maximum absolute atomic E-state index is 16.9. The number of carbonyl (C=O) groups is 1. The van der Waals surface area contributed by atoms with Gasteiger partial charge in [0.05, 0.1) is 28.9 Å². The second kappa shape index (κ2) is 13.5. The number of hydrogen-bond donors (Lipinski definition) is 0. The number of amides is 1. The van der Waals surface area contributed by atoms with E-state index in [9.17, 15) is 14.4 Å². The van der Waals surface area contributed by atoms with E-state index in [1.807, 2.05) is 17.0 Å². The summed E-state index contributed by atoms with van der Waals surface area (Å²) in [4.78, 5) is 32.8. The minimum absolute atomic E-state index is 0.0435. The summed E-state index contributed by atoms with van der Waals surface area (Å²) in [5, 5.41) is 10.8. The number of pyridine rings is 1. The number of carbonyl (C=O) groups excluding carboxylic acids is 1. The number of nitrogens with zero attached hydrogens (tertiary/aromatic N) is 7. The van der Waals surface area contributed by atoms with Crippen LogP contribution in [0.2, 0.25) is 5.02 Å². The Bertz CT molecular complexity index is 2220. The zero-order valence-corrected chi connectivity index (χ0v) is 29.5. The summed E-state index contributed by atoms with van der Waals surface area (Å²) in [5.41, 5.74) is 1.63. The molecule has 1 amide bonds. The van der Waals surface area contributed by atoms with Crippen molar-refractivity contribution in [1.29, 1.82) is 5.26 Å². The van der Waals surface area contributed by atoms with Gasteiger partial charge in [0.2, 0.25) is 0 Å². The zero-order chi connectivity index (χ0) is 36.0. The van der Waals surface area contributed by atoms with Crippen LogP contribution in [0.5, 0.6) is 11.8 Å². The highest BCUT2D eigenvalue weighted by Crippen LogP contribution is 2.39. The molecule has 0 saturated carbocycles. The zero-order valence-electron chi connectivity index (χ0n) is 28.7. The van der Waals surface area contributed by atoms with Crippen molar-refractivity contribution in [2.45, 2.75) is 51.8 Å². The lowest BCUT2D eigenvalue weighted by Gasteiger charge is -2.41. The maximum atomic E-state index is 16.9. The van der Waals surface area contributed by atoms with E-state index in [2.05, 4.69) is 34.1 Å². The van der Waals surface area contributed by atoms with Gasteiger partial charge in [0.25, 0.3) is 0 Å². The van der Waals surface area contributed by atoms with Crippen LogP contribution >= 0.6 is 11.6 Å². The van der Waals surface area contributed by atoms with E-state index < -0.39 is 29.4 Å². The minimum Gasteiger partial charge on any atom is -0.444 e. The van der Waals surface area contributed by atoms with Crippen LogP contribution in [0.25, 0.3) is 32.9 Å². The van der Waals surface area contributed by atoms with Gasteiger partial charge in [-0.3, -0.25) is 4.98 Å². The Morgan fingerprint density at radius 2 is 1.88 bits per heavy atom. The number of rotatable bonds is 5. The van der Waals surface area contributed by atoms with Gasteiger partial charge in [-0.05, 0) is 57.3 Å². The molecule has 2 aromatic heterocycles. The molecule has 2 aliphatic heterocycles. The molecular formula is C38H36ClF2N7O3. The third-order valence-electron chi connectivity index (χ3n) is 9.19. The Labute approximate surface area is 299 Å². The summed E-state index contributed by atoms with van der Waals surface area (Å²) in [6.45, 7) is 7.72. The molecule has 1 fully saturated rings. The van der Waals surface area contributed by atoms with Gasteiger partial charge in [0.15, 0.2) is 5.82 Å². The van der Waals surface area contributed by atoms with Crippen molar-refractivity contribution in [3.63, 3.8) is 0 Å². The summed E-state index contributed by atoms with van der Waals surface area (Å²) in [5.74, 6) is -0.472. The number of aromatic nitrogens is 3. The van der Waals surface area contributed by atoms with Crippen LogP contribution in [0.3, 0.4) is 0 Å². The first-order valence-corrected chi connectivity index (χ1v) is 17.1. The van der Waals surface area contributed by atoms with Crippen molar-refractivity contribution in [3.8, 4) is 29.1 Å². The van der Waals surface area contributed by atoms with E-state index in [1.54, 1.807) is 49.9 Å². The first-order chi connectivity index (χ1) is 24.4. The lowest BCUT2D eigenvalue weighted by Crippen LogP contribution is -2.56. The molecule has 7 rings (SSSR count). The predicted octanol–water partition coefficient (Wildman–Crippen LogP) is 7.90. The van der Waals surface area contributed by atoms with Crippen molar-refractivity contribution in [3.05, 3.63) is 82.5 Å². The first-order valence-electron chi connectivity index (χ1n) is 16.7. The van der Waals surface area contributed by atoms with Gasteiger partial charge in [0, 0.05) is 55.4 Å². The van der Waals surface area contributed by atoms with Gasteiger partial charge in [-0.15, -0.1) is 0 Å². The molecule has 10 nitrogen and oxygen atoms in total. The number of piperazine rings is 1. The molecule has 0 spiro atoms. The van der Waals surface area contributed by atoms with Crippen molar-refractivity contribution in [1.82, 2.24) is 24.8 Å². The van der Waals surface area contributed by atoms with E-state index in [1.165, 1.54) is 12.3 Å². The Kier molecular flexibility index (Phi) is 9.12. The molecule has 1 saturated heterocycles. The summed E-state index contributed by atoms with van der Waals surface area (Å²) < 4.78 is 43.6. The standard InChI is InChI=1S/C38H36ClF2N7O3/c1-38(2,3)51-37(49)48-18-17-47(21-24(48)13-15-42)35-27-19-43-33(26-9-5-7-22-11-12-28(40)31(39)30(22)26)32(41)34(27)44-36(45-35)50-29-10-6-8-23-20-46(4)16-14-25(23)29/h5-12,19,24H,13-14,16-18,20-21H2,1-4H3/t24-/m0/s1. The van der Waals surface area contributed by atoms with Gasteiger partial charge in [-0.25, -0.2) is 13.6 Å². The van der Waals surface area contributed by atoms with Crippen molar-refractivity contribution in [2.24, 2.45) is 0 Å². The second-order valence-corrected chi connectivity index (χ2v) is 14.3. The molecule has 51 heavy (non-hydrogen) atoms. The van der Waals surface area contributed by atoms with E-state index in [-0.39, 0.29) is 41.8 Å². The monoisotopic (exact) mass is 711 g/mol. The highest BCUT2D eigenvalue weighted by atomic mass is 35.5. The maximum Gasteiger partial charge on any atom is 0.410 e. The molecule has 5 aromatic rings. The van der Waals surface area contributed by atoms with Gasteiger partial charge >= 0.3 is 12.1 Å². The summed E-state index contributed by atoms with van der Waals surface area (Å²) >= 11 is 6.43. The quantitative estimate of drug-likeness (QED) is 0.180. The molecule has 13 heteroatoms. The molecule has 0 N–H and O–H groups in total. The number of ether oxygens (including phenoxy) is 2. The number of benzene rings is 3. The van der Waals surface area contributed by atoms with E-state index in [0.29, 0.717) is 39.8 Å². The SMILES string of the molecule is CN1CCc2c(cccc2Oc2nc(N3CCN(C(=O)OC(C)(C)C)[C@@H](CC#N)C3)c3cnc(-c4cccc5ccc(F)c(Cl)c45)c(F)c3n2)C1. The lowest BCUT2D eigenvalue weighted by atomic mass is 9.99. The molecule has 2 aliphatic rings. The Hall–Kier alpha value is -5.12. The lowest BCUT2D eigenvalue weighted by molar-refractivity contribution is 0.0145. The minimum atomic E-state index is -0.758. The van der Waals surface area contributed by atoms with Crippen LogP contribution in [-0.4, -0.2) is 75.7 Å². The van der Waals surface area contributed by atoms with E-state index in [4.69, 9.17) is 26.1 Å². The fraction of sp³-hybridized carbons (Fsp3) is 0.342. The number of likely N-dealkylation sites (N-methyl/N-ethyl adjacent to an activating group) is 1. The first kappa shape index (κ1) is 34.3. The third-order valence-corrected chi connectivity index (χ3v) is 9.56. The van der Waals surface area contributed by atoms with Gasteiger partial charge in [-0.2, -0.15) is 15.2 Å². The fourth-order valence-electron chi connectivity index (χ4n) is 6.80. The molecule has 262 valence electrons. The van der Waals surface area contributed by atoms with Crippen LogP contribution in [0, 0.1) is 23.0 Å². The average molecular weight is 712 g/mol. The normalized spacial score (nSPS) is 16.6. The molecule has 0 unspecified atom stereocenters. The number of anilines is 1. The van der Waals surface area contributed by atoms with E-state index >= 15 is 4.39 Å². The van der Waals surface area contributed by atoms with Crippen LogP contribution in [0.15, 0.2) is 54.7 Å². The predicted molar refractivity (Wildman–Crippen MR) is 191 cm³/mol. The van der Waals surface area contributed by atoms with Gasteiger partial charge in [-0.1, -0.05) is 48.0 Å². The molecule has 0 radical (unpaired) electrons. The van der Waals surface area contributed by atoms with Crippen molar-refractivity contribution in [2.75, 3.05) is 38.1 Å². The number of nitriles is 1. The molecule has 0 aliphatic carbocycles. The Balaban J connectivity index is 1.36. The van der Waals surface area contributed by atoms with Crippen LogP contribution < -0.4 is 9.64 Å². The molecule has 1 atom stereocenters. The second-order valence-electron chi connectivity index (χ2n) is 13.9. The van der Waals surface area contributed by atoms with Crippen LogP contribution in [0.4, 0.5) is 19.4 Å². The van der Waals surface area contributed by atoms with Crippen LogP contribution in [-0.2, 0) is 17.7 Å². The number of fused-ring (bicyclic) bond motifs is 3. The highest BCUT2D eigenvalue weighted by molar-refractivity contribution is 6.36. The topological polar surface area (TPSA) is 108 Å². The number of hydrogen-bond acceptors (Lipinski definition) is 9. The summed E-state index contributed by atoms with van der Waals surface area (Å²) in [6, 6.07) is 15.4. The molecule has 4 heterocycles. The molecular weight excluding hydrogens is 676 g/mol. The largest absolute Gasteiger partial charge is 0.444 e. The van der Waals surface area contributed by atoms with Crippen molar-refractivity contribution >= 4 is 45.2 Å². The third kappa shape index (κ3) is 6.71. The summed E-state index contributed by atoms with van der Waals surface area (Å²) in [7, 11) is 2.06.